The summed E-state index contributed by atoms with van der Waals surface area (Å²) in [6.45, 7) is 3.06. The third kappa shape index (κ3) is 4.01. The van der Waals surface area contributed by atoms with Gasteiger partial charge in [-0.05, 0) is 19.9 Å². The van der Waals surface area contributed by atoms with E-state index in [1.807, 2.05) is 0 Å². The van der Waals surface area contributed by atoms with Gasteiger partial charge in [-0.15, -0.1) is 13.2 Å². The molecule has 5 nitrogen and oxygen atoms in total. The van der Waals surface area contributed by atoms with Crippen LogP contribution in [0.5, 0.6) is 11.6 Å². The van der Waals surface area contributed by atoms with E-state index >= 15 is 0 Å². The first kappa shape index (κ1) is 15.1. The highest BCUT2D eigenvalue weighted by atomic mass is 19.4. The van der Waals surface area contributed by atoms with Crippen molar-refractivity contribution in [2.24, 2.45) is 0 Å². The molecule has 0 bridgehead atoms. The van der Waals surface area contributed by atoms with Gasteiger partial charge in [-0.2, -0.15) is 0 Å². The molecule has 0 spiro atoms. The fraction of sp³-hybridized carbons (Fsp3) is 0.455. The Bertz CT molecular complexity index is 474. The van der Waals surface area contributed by atoms with Crippen molar-refractivity contribution in [2.75, 3.05) is 13.7 Å². The summed E-state index contributed by atoms with van der Waals surface area (Å²) in [7, 11) is 1.12. The summed E-state index contributed by atoms with van der Waals surface area (Å²) in [5.41, 5.74) is -0.0852. The molecule has 1 aromatic heterocycles. The number of pyridine rings is 1. The van der Waals surface area contributed by atoms with Crippen LogP contribution in [0.4, 0.5) is 13.2 Å². The Balaban J connectivity index is 3.33. The number of aryl methyl sites for hydroxylation is 1. The molecule has 0 fully saturated rings. The van der Waals surface area contributed by atoms with Crippen molar-refractivity contribution in [1.29, 1.82) is 0 Å². The molecule has 0 saturated heterocycles. The van der Waals surface area contributed by atoms with Gasteiger partial charge >= 0.3 is 12.3 Å². The Kier molecular flexibility index (Phi) is 4.57. The molecule has 106 valence electrons. The number of carbonyl (C=O) groups is 1. The molecule has 0 aliphatic heterocycles. The van der Waals surface area contributed by atoms with E-state index in [4.69, 9.17) is 4.74 Å². The van der Waals surface area contributed by atoms with Crippen LogP contribution in [0.1, 0.15) is 23.0 Å². The molecule has 0 unspecified atom stereocenters. The zero-order valence-corrected chi connectivity index (χ0v) is 10.5. The van der Waals surface area contributed by atoms with Crippen molar-refractivity contribution in [2.45, 2.75) is 20.2 Å². The molecule has 1 heterocycles. The van der Waals surface area contributed by atoms with Crippen molar-refractivity contribution in [3.05, 3.63) is 17.3 Å². The molecule has 19 heavy (non-hydrogen) atoms. The van der Waals surface area contributed by atoms with Crippen molar-refractivity contribution in [1.82, 2.24) is 4.98 Å². The average molecular weight is 279 g/mol. The smallest absolute Gasteiger partial charge is 0.478 e. The summed E-state index contributed by atoms with van der Waals surface area (Å²) in [5, 5.41) is 0. The lowest BCUT2D eigenvalue weighted by Crippen LogP contribution is -2.21. The maximum absolute atomic E-state index is 12.3. The summed E-state index contributed by atoms with van der Waals surface area (Å²) in [6.07, 6.45) is -4.97. The van der Waals surface area contributed by atoms with Crippen molar-refractivity contribution in [3.8, 4) is 11.6 Å². The highest BCUT2D eigenvalue weighted by molar-refractivity contribution is 5.93. The van der Waals surface area contributed by atoms with Crippen LogP contribution in [0, 0.1) is 6.92 Å². The fourth-order valence-electron chi connectivity index (χ4n) is 1.35. The third-order valence-electron chi connectivity index (χ3n) is 1.98. The normalized spacial score (nSPS) is 11.1. The van der Waals surface area contributed by atoms with E-state index in [-0.39, 0.29) is 12.2 Å². The van der Waals surface area contributed by atoms with E-state index in [0.717, 1.165) is 13.2 Å². The molecular weight excluding hydrogens is 267 g/mol. The zero-order valence-electron chi connectivity index (χ0n) is 10.5. The first-order valence-electron chi connectivity index (χ1n) is 5.27. The number of aromatic nitrogens is 1. The van der Waals surface area contributed by atoms with Crippen molar-refractivity contribution >= 4 is 5.97 Å². The predicted molar refractivity (Wildman–Crippen MR) is 58.2 cm³/mol. The molecule has 0 atom stereocenters. The van der Waals surface area contributed by atoms with Crippen LogP contribution >= 0.6 is 0 Å². The average Bonchev–Trinajstić information content (AvgIpc) is 2.29. The maximum Gasteiger partial charge on any atom is 0.573 e. The molecule has 0 amide bonds. The lowest BCUT2D eigenvalue weighted by molar-refractivity contribution is -0.275. The van der Waals surface area contributed by atoms with E-state index in [1.54, 1.807) is 0 Å². The summed E-state index contributed by atoms with van der Waals surface area (Å²) in [4.78, 5) is 15.3. The second-order valence-electron chi connectivity index (χ2n) is 3.42. The first-order valence-corrected chi connectivity index (χ1v) is 5.27. The molecule has 0 radical (unpaired) electrons. The van der Waals surface area contributed by atoms with Gasteiger partial charge in [0.25, 0.3) is 5.88 Å². The van der Waals surface area contributed by atoms with Crippen LogP contribution < -0.4 is 9.47 Å². The second-order valence-corrected chi connectivity index (χ2v) is 3.42. The van der Waals surface area contributed by atoms with Crippen molar-refractivity contribution in [3.63, 3.8) is 0 Å². The van der Waals surface area contributed by atoms with E-state index in [2.05, 4.69) is 14.5 Å². The molecule has 0 aromatic carbocycles. The van der Waals surface area contributed by atoms with Gasteiger partial charge in [-0.1, -0.05) is 0 Å². The standard InChI is InChI=1S/C11H12F3NO4/c1-4-18-10(16)7-5-6(2)15-9(17-3)8(7)19-11(12,13)14/h5H,4H2,1-3H3. The summed E-state index contributed by atoms with van der Waals surface area (Å²) < 4.78 is 50.1. The van der Waals surface area contributed by atoms with Gasteiger partial charge < -0.3 is 14.2 Å². The van der Waals surface area contributed by atoms with Gasteiger partial charge in [-0.3, -0.25) is 0 Å². The highest BCUT2D eigenvalue weighted by Crippen LogP contribution is 2.35. The van der Waals surface area contributed by atoms with Gasteiger partial charge in [0.15, 0.2) is 0 Å². The summed E-state index contributed by atoms with van der Waals surface area (Å²) in [6, 6.07) is 1.14. The van der Waals surface area contributed by atoms with E-state index in [1.165, 1.54) is 13.8 Å². The predicted octanol–water partition coefficient (Wildman–Crippen LogP) is 2.47. The molecule has 0 aliphatic rings. The molecule has 1 aromatic rings. The Morgan fingerprint density at radius 2 is 2.05 bits per heavy atom. The number of carbonyl (C=O) groups excluding carboxylic acids is 1. The number of alkyl halides is 3. The van der Waals surface area contributed by atoms with Gasteiger partial charge in [0.1, 0.15) is 5.56 Å². The van der Waals surface area contributed by atoms with Crippen LogP contribution in [0.15, 0.2) is 6.07 Å². The Labute approximate surface area is 107 Å². The number of rotatable bonds is 4. The lowest BCUT2D eigenvalue weighted by atomic mass is 10.2. The highest BCUT2D eigenvalue weighted by Gasteiger charge is 2.35. The van der Waals surface area contributed by atoms with E-state index < -0.39 is 24.0 Å². The van der Waals surface area contributed by atoms with Gasteiger partial charge in [0.05, 0.1) is 13.7 Å². The molecule has 0 saturated carbocycles. The number of ether oxygens (including phenoxy) is 3. The third-order valence-corrected chi connectivity index (χ3v) is 1.98. The minimum Gasteiger partial charge on any atom is -0.478 e. The Hall–Kier alpha value is -1.99. The molecular formula is C11H12F3NO4. The number of hydrogen-bond donors (Lipinski definition) is 0. The number of esters is 1. The molecule has 1 rings (SSSR count). The van der Waals surface area contributed by atoms with Crippen LogP contribution in [0.3, 0.4) is 0 Å². The van der Waals surface area contributed by atoms with Crippen molar-refractivity contribution < 1.29 is 32.2 Å². The Morgan fingerprint density at radius 3 is 2.53 bits per heavy atom. The van der Waals surface area contributed by atoms with Crippen LogP contribution in [-0.4, -0.2) is 31.0 Å². The number of methoxy groups -OCH3 is 1. The summed E-state index contributed by atoms with van der Waals surface area (Å²) >= 11 is 0. The van der Waals surface area contributed by atoms with Gasteiger partial charge in [0.2, 0.25) is 5.75 Å². The topological polar surface area (TPSA) is 57.7 Å². The van der Waals surface area contributed by atoms with Gasteiger partial charge in [-0.25, -0.2) is 9.78 Å². The molecule has 0 aliphatic carbocycles. The Morgan fingerprint density at radius 1 is 1.42 bits per heavy atom. The number of halogens is 3. The lowest BCUT2D eigenvalue weighted by Gasteiger charge is -2.15. The monoisotopic (exact) mass is 279 g/mol. The van der Waals surface area contributed by atoms with E-state index in [9.17, 15) is 18.0 Å². The number of nitrogens with zero attached hydrogens (tertiary/aromatic N) is 1. The zero-order chi connectivity index (χ0) is 14.6. The molecule has 0 N–H and O–H groups in total. The van der Waals surface area contributed by atoms with Gasteiger partial charge in [0, 0.05) is 5.69 Å². The largest absolute Gasteiger partial charge is 0.573 e. The number of hydrogen-bond acceptors (Lipinski definition) is 5. The summed E-state index contributed by atoms with van der Waals surface area (Å²) in [5.74, 6) is -2.18. The van der Waals surface area contributed by atoms with E-state index in [0.29, 0.717) is 5.69 Å². The first-order chi connectivity index (χ1) is 8.78. The maximum atomic E-state index is 12.3. The fourth-order valence-corrected chi connectivity index (χ4v) is 1.35. The molecule has 8 heteroatoms. The van der Waals surface area contributed by atoms with Crippen LogP contribution in [0.25, 0.3) is 0 Å². The minimum absolute atomic E-state index is 0.0218. The quantitative estimate of drug-likeness (QED) is 0.792. The minimum atomic E-state index is -4.97. The SMILES string of the molecule is CCOC(=O)c1cc(C)nc(OC)c1OC(F)(F)F. The second kappa shape index (κ2) is 5.77. The van der Waals surface area contributed by atoms with Crippen LogP contribution in [-0.2, 0) is 4.74 Å². The van der Waals surface area contributed by atoms with Crippen LogP contribution in [0.2, 0.25) is 0 Å².